The standard InChI is InChI=1S/C19H14N2O3/c20-18(23)17-5-2-10-21-19(17)24-16-4-1-3-15(11-16)14-8-6-13(12-22)7-9-14/h1-12H,(H2,20,23). The minimum absolute atomic E-state index is 0.165. The highest BCUT2D eigenvalue weighted by Gasteiger charge is 2.11. The number of aromatic nitrogens is 1. The van der Waals surface area contributed by atoms with Crippen molar-refractivity contribution in [1.29, 1.82) is 0 Å². The summed E-state index contributed by atoms with van der Waals surface area (Å²) in [6.07, 6.45) is 2.33. The molecule has 2 N–H and O–H groups in total. The Hall–Kier alpha value is -3.47. The maximum Gasteiger partial charge on any atom is 0.254 e. The fourth-order valence-corrected chi connectivity index (χ4v) is 2.26. The lowest BCUT2D eigenvalue weighted by molar-refractivity contribution is 0.0997. The number of hydrogen-bond donors (Lipinski definition) is 1. The molecule has 0 atom stereocenters. The van der Waals surface area contributed by atoms with Crippen molar-refractivity contribution in [3.63, 3.8) is 0 Å². The van der Waals surface area contributed by atoms with Gasteiger partial charge in [0.05, 0.1) is 0 Å². The molecule has 0 aliphatic rings. The highest BCUT2D eigenvalue weighted by Crippen LogP contribution is 2.28. The molecule has 3 aromatic rings. The van der Waals surface area contributed by atoms with E-state index in [1.165, 1.54) is 6.20 Å². The van der Waals surface area contributed by atoms with Gasteiger partial charge < -0.3 is 10.5 Å². The van der Waals surface area contributed by atoms with E-state index in [0.717, 1.165) is 17.4 Å². The lowest BCUT2D eigenvalue weighted by atomic mass is 10.0. The number of carbonyl (C=O) groups is 2. The molecule has 0 aliphatic heterocycles. The van der Waals surface area contributed by atoms with Gasteiger partial charge in [0.2, 0.25) is 5.88 Å². The lowest BCUT2D eigenvalue weighted by Gasteiger charge is -2.09. The summed E-state index contributed by atoms with van der Waals surface area (Å²) in [6.45, 7) is 0. The molecule has 24 heavy (non-hydrogen) atoms. The van der Waals surface area contributed by atoms with Gasteiger partial charge in [-0.25, -0.2) is 4.98 Å². The average molecular weight is 318 g/mol. The molecule has 1 amide bonds. The van der Waals surface area contributed by atoms with Gasteiger partial charge in [-0.05, 0) is 35.4 Å². The molecular weight excluding hydrogens is 304 g/mol. The molecule has 0 spiro atoms. The van der Waals surface area contributed by atoms with E-state index >= 15 is 0 Å². The molecule has 0 saturated heterocycles. The first-order valence-corrected chi connectivity index (χ1v) is 7.26. The summed E-state index contributed by atoms with van der Waals surface area (Å²) in [4.78, 5) is 26.2. The van der Waals surface area contributed by atoms with E-state index in [9.17, 15) is 9.59 Å². The highest BCUT2D eigenvalue weighted by molar-refractivity contribution is 5.95. The summed E-state index contributed by atoms with van der Waals surface area (Å²) in [6, 6.07) is 17.8. The topological polar surface area (TPSA) is 82.3 Å². The quantitative estimate of drug-likeness (QED) is 0.730. The normalized spacial score (nSPS) is 10.2. The minimum atomic E-state index is -0.598. The number of pyridine rings is 1. The van der Waals surface area contributed by atoms with Gasteiger partial charge in [0.25, 0.3) is 5.91 Å². The fraction of sp³-hybridized carbons (Fsp3) is 0. The van der Waals surface area contributed by atoms with Crippen molar-refractivity contribution in [2.24, 2.45) is 5.73 Å². The summed E-state index contributed by atoms with van der Waals surface area (Å²) in [7, 11) is 0. The molecule has 5 nitrogen and oxygen atoms in total. The number of rotatable bonds is 5. The van der Waals surface area contributed by atoms with Gasteiger partial charge in [-0.2, -0.15) is 0 Å². The smallest absolute Gasteiger partial charge is 0.254 e. The average Bonchev–Trinajstić information content (AvgIpc) is 2.62. The Morgan fingerprint density at radius 1 is 1.00 bits per heavy atom. The van der Waals surface area contributed by atoms with Crippen molar-refractivity contribution in [3.05, 3.63) is 78.0 Å². The Morgan fingerprint density at radius 2 is 1.79 bits per heavy atom. The van der Waals surface area contributed by atoms with Crippen LogP contribution < -0.4 is 10.5 Å². The molecule has 0 saturated carbocycles. The molecule has 1 aromatic heterocycles. The molecule has 0 aliphatic carbocycles. The number of benzene rings is 2. The third-order valence-corrected chi connectivity index (χ3v) is 3.47. The van der Waals surface area contributed by atoms with Gasteiger partial charge in [-0.15, -0.1) is 0 Å². The molecule has 118 valence electrons. The van der Waals surface area contributed by atoms with E-state index in [0.29, 0.717) is 11.3 Å². The third-order valence-electron chi connectivity index (χ3n) is 3.47. The zero-order chi connectivity index (χ0) is 16.9. The van der Waals surface area contributed by atoms with Crippen molar-refractivity contribution in [3.8, 4) is 22.8 Å². The predicted molar refractivity (Wildman–Crippen MR) is 90.1 cm³/mol. The van der Waals surface area contributed by atoms with Crippen LogP contribution in [-0.4, -0.2) is 17.2 Å². The summed E-state index contributed by atoms with van der Waals surface area (Å²) >= 11 is 0. The van der Waals surface area contributed by atoms with E-state index in [2.05, 4.69) is 4.98 Å². The second-order valence-corrected chi connectivity index (χ2v) is 5.09. The number of primary amides is 1. The van der Waals surface area contributed by atoms with Crippen molar-refractivity contribution in [2.45, 2.75) is 0 Å². The third kappa shape index (κ3) is 3.30. The number of nitrogens with zero attached hydrogens (tertiary/aromatic N) is 1. The molecule has 0 bridgehead atoms. The molecule has 0 fully saturated rings. The van der Waals surface area contributed by atoms with Gasteiger partial charge in [-0.3, -0.25) is 9.59 Å². The lowest BCUT2D eigenvalue weighted by Crippen LogP contribution is -2.12. The van der Waals surface area contributed by atoms with Crippen LogP contribution in [-0.2, 0) is 0 Å². The monoisotopic (exact) mass is 318 g/mol. The SMILES string of the molecule is NC(=O)c1cccnc1Oc1cccc(-c2ccc(C=O)cc2)c1. The number of ether oxygens (including phenoxy) is 1. The number of aldehydes is 1. The largest absolute Gasteiger partial charge is 0.438 e. The number of carbonyl (C=O) groups excluding carboxylic acids is 2. The van der Waals surface area contributed by atoms with Gasteiger partial charge in [0.15, 0.2) is 0 Å². The summed E-state index contributed by atoms with van der Waals surface area (Å²) in [5.74, 6) is 0.102. The van der Waals surface area contributed by atoms with Crippen LogP contribution in [0, 0.1) is 0 Å². The van der Waals surface area contributed by atoms with Gasteiger partial charge in [0, 0.05) is 11.8 Å². The van der Waals surface area contributed by atoms with Crippen LogP contribution in [0.25, 0.3) is 11.1 Å². The Morgan fingerprint density at radius 3 is 2.50 bits per heavy atom. The molecule has 0 unspecified atom stereocenters. The van der Waals surface area contributed by atoms with Crippen LogP contribution >= 0.6 is 0 Å². The first-order valence-electron chi connectivity index (χ1n) is 7.26. The van der Waals surface area contributed by atoms with Crippen molar-refractivity contribution in [1.82, 2.24) is 4.98 Å². The Bertz CT molecular complexity index is 889. The fourth-order valence-electron chi connectivity index (χ4n) is 2.26. The van der Waals surface area contributed by atoms with Crippen molar-refractivity contribution < 1.29 is 14.3 Å². The maximum absolute atomic E-state index is 11.4. The van der Waals surface area contributed by atoms with E-state index < -0.39 is 5.91 Å². The van der Waals surface area contributed by atoms with Crippen LogP contribution in [0.1, 0.15) is 20.7 Å². The van der Waals surface area contributed by atoms with Crippen LogP contribution in [0.3, 0.4) is 0 Å². The first-order chi connectivity index (χ1) is 11.7. The minimum Gasteiger partial charge on any atom is -0.438 e. The second kappa shape index (κ2) is 6.75. The number of hydrogen-bond acceptors (Lipinski definition) is 4. The molecule has 0 radical (unpaired) electrons. The summed E-state index contributed by atoms with van der Waals surface area (Å²) < 4.78 is 5.71. The van der Waals surface area contributed by atoms with E-state index in [-0.39, 0.29) is 11.4 Å². The first kappa shape index (κ1) is 15.4. The summed E-state index contributed by atoms with van der Waals surface area (Å²) in [5.41, 5.74) is 8.03. The van der Waals surface area contributed by atoms with Crippen molar-refractivity contribution in [2.75, 3.05) is 0 Å². The van der Waals surface area contributed by atoms with Gasteiger partial charge in [-0.1, -0.05) is 36.4 Å². The predicted octanol–water partition coefficient (Wildman–Crippen LogP) is 3.45. The Labute approximate surface area is 138 Å². The Kier molecular flexibility index (Phi) is 4.34. The highest BCUT2D eigenvalue weighted by atomic mass is 16.5. The van der Waals surface area contributed by atoms with E-state index in [1.54, 1.807) is 30.3 Å². The van der Waals surface area contributed by atoms with Gasteiger partial charge in [0.1, 0.15) is 17.6 Å². The zero-order valence-corrected chi connectivity index (χ0v) is 12.7. The molecular formula is C19H14N2O3. The summed E-state index contributed by atoms with van der Waals surface area (Å²) in [5, 5.41) is 0. The van der Waals surface area contributed by atoms with E-state index in [1.807, 2.05) is 30.3 Å². The molecule has 2 aromatic carbocycles. The number of nitrogens with two attached hydrogens (primary N) is 1. The van der Waals surface area contributed by atoms with Crippen LogP contribution in [0.4, 0.5) is 0 Å². The number of amides is 1. The second-order valence-electron chi connectivity index (χ2n) is 5.09. The molecule has 3 rings (SSSR count). The van der Waals surface area contributed by atoms with E-state index in [4.69, 9.17) is 10.5 Å². The molecule has 1 heterocycles. The zero-order valence-electron chi connectivity index (χ0n) is 12.7. The molecule has 5 heteroatoms. The van der Waals surface area contributed by atoms with Crippen LogP contribution in [0.2, 0.25) is 0 Å². The van der Waals surface area contributed by atoms with Gasteiger partial charge >= 0.3 is 0 Å². The Balaban J connectivity index is 1.91. The van der Waals surface area contributed by atoms with Crippen LogP contribution in [0.15, 0.2) is 66.9 Å². The maximum atomic E-state index is 11.4. The van der Waals surface area contributed by atoms with Crippen LogP contribution in [0.5, 0.6) is 11.6 Å². The van der Waals surface area contributed by atoms with Crippen molar-refractivity contribution >= 4 is 12.2 Å².